The predicted octanol–water partition coefficient (Wildman–Crippen LogP) is 4.58. The van der Waals surface area contributed by atoms with Gasteiger partial charge in [-0.25, -0.2) is 0 Å². The van der Waals surface area contributed by atoms with Gasteiger partial charge in [0.2, 0.25) is 0 Å². The van der Waals surface area contributed by atoms with E-state index in [9.17, 15) is 0 Å². The molecule has 1 heteroatoms. The van der Waals surface area contributed by atoms with Crippen LogP contribution in [0.2, 0.25) is 0 Å². The molecule has 0 aliphatic heterocycles. The molecule has 0 spiro atoms. The lowest BCUT2D eigenvalue weighted by Gasteiger charge is -2.41. The summed E-state index contributed by atoms with van der Waals surface area (Å²) in [5.74, 6) is 1.47. The highest BCUT2D eigenvalue weighted by Crippen LogP contribution is 2.43. The number of rotatable bonds is 4. The number of fused-ring (bicyclic) bond motifs is 1. The standard InChI is InChI=1S/C18H29N/c1-13(2)14(3)12-19-17-16-9-7-6-8-15(16)10-11-18(17,4)5/h6-9,13-14,17,19H,10-12H2,1-5H3. The maximum Gasteiger partial charge on any atom is 0.0374 e. The van der Waals surface area contributed by atoms with Crippen LogP contribution in [0.4, 0.5) is 0 Å². The highest BCUT2D eigenvalue weighted by atomic mass is 14.9. The highest BCUT2D eigenvalue weighted by molar-refractivity contribution is 5.34. The molecule has 19 heavy (non-hydrogen) atoms. The van der Waals surface area contributed by atoms with Crippen molar-refractivity contribution < 1.29 is 0 Å². The minimum absolute atomic E-state index is 0.352. The van der Waals surface area contributed by atoms with Gasteiger partial charge in [-0.3, -0.25) is 0 Å². The zero-order chi connectivity index (χ0) is 14.0. The van der Waals surface area contributed by atoms with Gasteiger partial charge in [0.1, 0.15) is 0 Å². The van der Waals surface area contributed by atoms with E-state index in [1.165, 1.54) is 24.0 Å². The third kappa shape index (κ3) is 3.20. The monoisotopic (exact) mass is 259 g/mol. The van der Waals surface area contributed by atoms with Crippen LogP contribution >= 0.6 is 0 Å². The molecule has 2 rings (SSSR count). The smallest absolute Gasteiger partial charge is 0.0374 e. The van der Waals surface area contributed by atoms with Gasteiger partial charge in [0.15, 0.2) is 0 Å². The second-order valence-corrected chi connectivity index (χ2v) is 7.25. The Morgan fingerprint density at radius 3 is 2.58 bits per heavy atom. The summed E-state index contributed by atoms with van der Waals surface area (Å²) in [5, 5.41) is 3.85. The summed E-state index contributed by atoms with van der Waals surface area (Å²) in [5.41, 5.74) is 3.41. The van der Waals surface area contributed by atoms with Crippen molar-refractivity contribution in [1.82, 2.24) is 5.32 Å². The van der Waals surface area contributed by atoms with Crippen molar-refractivity contribution in [2.24, 2.45) is 17.3 Å². The first-order valence-corrected chi connectivity index (χ1v) is 7.73. The minimum atomic E-state index is 0.352. The van der Waals surface area contributed by atoms with Crippen LogP contribution in [-0.2, 0) is 6.42 Å². The molecule has 0 bridgehead atoms. The molecule has 0 aromatic heterocycles. The maximum absolute atomic E-state index is 3.85. The summed E-state index contributed by atoms with van der Waals surface area (Å²) < 4.78 is 0. The van der Waals surface area contributed by atoms with E-state index in [0.717, 1.165) is 18.4 Å². The van der Waals surface area contributed by atoms with E-state index < -0.39 is 0 Å². The first kappa shape index (κ1) is 14.6. The largest absolute Gasteiger partial charge is 0.309 e. The molecular weight excluding hydrogens is 230 g/mol. The number of benzene rings is 1. The second kappa shape index (κ2) is 5.66. The van der Waals surface area contributed by atoms with Crippen molar-refractivity contribution in [2.45, 2.75) is 53.5 Å². The zero-order valence-corrected chi connectivity index (χ0v) is 13.2. The van der Waals surface area contributed by atoms with Crippen LogP contribution in [0.3, 0.4) is 0 Å². The van der Waals surface area contributed by atoms with Gasteiger partial charge in [-0.2, -0.15) is 0 Å². The Morgan fingerprint density at radius 1 is 1.21 bits per heavy atom. The van der Waals surface area contributed by atoms with Crippen LogP contribution in [0.5, 0.6) is 0 Å². The molecule has 106 valence electrons. The van der Waals surface area contributed by atoms with Crippen LogP contribution in [-0.4, -0.2) is 6.54 Å². The molecule has 2 unspecified atom stereocenters. The van der Waals surface area contributed by atoms with Gasteiger partial charge in [0.05, 0.1) is 0 Å². The van der Waals surface area contributed by atoms with Crippen LogP contribution in [0.15, 0.2) is 24.3 Å². The van der Waals surface area contributed by atoms with Crippen molar-refractivity contribution in [2.75, 3.05) is 6.54 Å². The molecule has 1 aromatic rings. The molecule has 1 aliphatic rings. The zero-order valence-electron chi connectivity index (χ0n) is 13.2. The van der Waals surface area contributed by atoms with E-state index in [0.29, 0.717) is 11.5 Å². The fourth-order valence-electron chi connectivity index (χ4n) is 2.99. The van der Waals surface area contributed by atoms with Gasteiger partial charge in [0, 0.05) is 6.04 Å². The van der Waals surface area contributed by atoms with Crippen molar-refractivity contribution in [1.29, 1.82) is 0 Å². The Morgan fingerprint density at radius 2 is 1.89 bits per heavy atom. The summed E-state index contributed by atoms with van der Waals surface area (Å²) in [4.78, 5) is 0. The second-order valence-electron chi connectivity index (χ2n) is 7.25. The number of nitrogens with one attached hydrogen (secondary N) is 1. The van der Waals surface area contributed by atoms with Gasteiger partial charge in [-0.15, -0.1) is 0 Å². The average molecular weight is 259 g/mol. The molecule has 1 N–H and O–H groups in total. The quantitative estimate of drug-likeness (QED) is 0.834. The first-order valence-electron chi connectivity index (χ1n) is 7.73. The van der Waals surface area contributed by atoms with Crippen LogP contribution in [0.25, 0.3) is 0 Å². The van der Waals surface area contributed by atoms with Gasteiger partial charge < -0.3 is 5.32 Å². The minimum Gasteiger partial charge on any atom is -0.309 e. The van der Waals surface area contributed by atoms with Gasteiger partial charge in [-0.1, -0.05) is 58.9 Å². The molecule has 0 saturated heterocycles. The summed E-state index contributed by atoms with van der Waals surface area (Å²) in [7, 11) is 0. The lowest BCUT2D eigenvalue weighted by molar-refractivity contribution is 0.197. The third-order valence-corrected chi connectivity index (χ3v) is 4.97. The fourth-order valence-corrected chi connectivity index (χ4v) is 2.99. The van der Waals surface area contributed by atoms with E-state index in [1.807, 2.05) is 0 Å². The summed E-state index contributed by atoms with van der Waals surface area (Å²) in [6, 6.07) is 9.46. The first-order chi connectivity index (χ1) is 8.92. The van der Waals surface area contributed by atoms with Crippen molar-refractivity contribution in [3.8, 4) is 0 Å². The molecule has 1 aromatic carbocycles. The van der Waals surface area contributed by atoms with Crippen LogP contribution in [0, 0.1) is 17.3 Å². The van der Waals surface area contributed by atoms with E-state index in [-0.39, 0.29) is 0 Å². The topological polar surface area (TPSA) is 12.0 Å². The number of hydrogen-bond donors (Lipinski definition) is 1. The van der Waals surface area contributed by atoms with E-state index in [2.05, 4.69) is 64.2 Å². The fraction of sp³-hybridized carbons (Fsp3) is 0.667. The Hall–Kier alpha value is -0.820. The Bertz CT molecular complexity index is 419. The highest BCUT2D eigenvalue weighted by Gasteiger charge is 2.35. The maximum atomic E-state index is 3.85. The molecule has 0 fully saturated rings. The number of aryl methyl sites for hydroxylation is 1. The summed E-state index contributed by atoms with van der Waals surface area (Å²) in [6.45, 7) is 12.9. The summed E-state index contributed by atoms with van der Waals surface area (Å²) in [6.07, 6.45) is 2.50. The van der Waals surface area contributed by atoms with Crippen molar-refractivity contribution >= 4 is 0 Å². The lowest BCUT2D eigenvalue weighted by atomic mass is 9.70. The predicted molar refractivity (Wildman–Crippen MR) is 83.3 cm³/mol. The van der Waals surface area contributed by atoms with Crippen molar-refractivity contribution in [3.05, 3.63) is 35.4 Å². The normalized spacial score (nSPS) is 23.2. The Kier molecular flexibility index (Phi) is 4.35. The van der Waals surface area contributed by atoms with Gasteiger partial charge >= 0.3 is 0 Å². The lowest BCUT2D eigenvalue weighted by Crippen LogP contribution is -2.40. The Labute approximate surface area is 118 Å². The van der Waals surface area contributed by atoms with Gasteiger partial charge in [-0.05, 0) is 47.8 Å². The Balaban J connectivity index is 2.16. The molecule has 0 saturated carbocycles. The third-order valence-electron chi connectivity index (χ3n) is 4.97. The molecule has 0 heterocycles. The molecule has 1 aliphatic carbocycles. The van der Waals surface area contributed by atoms with Gasteiger partial charge in [0.25, 0.3) is 0 Å². The molecule has 1 nitrogen and oxygen atoms in total. The van der Waals surface area contributed by atoms with E-state index >= 15 is 0 Å². The van der Waals surface area contributed by atoms with E-state index in [4.69, 9.17) is 0 Å². The molecule has 0 radical (unpaired) electrons. The SMILES string of the molecule is CC(C)C(C)CNC1c2ccccc2CCC1(C)C. The number of hydrogen-bond acceptors (Lipinski definition) is 1. The van der Waals surface area contributed by atoms with Crippen LogP contribution < -0.4 is 5.32 Å². The average Bonchev–Trinajstić information content (AvgIpc) is 2.36. The molecular formula is C18H29N. The molecule has 2 atom stereocenters. The van der Waals surface area contributed by atoms with Crippen molar-refractivity contribution in [3.63, 3.8) is 0 Å². The van der Waals surface area contributed by atoms with E-state index in [1.54, 1.807) is 0 Å². The molecule has 0 amide bonds. The summed E-state index contributed by atoms with van der Waals surface area (Å²) >= 11 is 0. The van der Waals surface area contributed by atoms with Crippen LogP contribution in [0.1, 0.15) is 58.2 Å².